The van der Waals surface area contributed by atoms with Gasteiger partial charge in [0.05, 0.1) is 15.4 Å². The van der Waals surface area contributed by atoms with E-state index in [9.17, 15) is 4.79 Å². The minimum atomic E-state index is -0.318. The van der Waals surface area contributed by atoms with E-state index in [0.717, 1.165) is 26.0 Å². The number of fused-ring (bicyclic) bond motifs is 3. The number of hydrogen-bond acceptors (Lipinski definition) is 4. The van der Waals surface area contributed by atoms with Gasteiger partial charge in [-0.3, -0.25) is 0 Å². The van der Waals surface area contributed by atoms with Crippen molar-refractivity contribution in [3.8, 4) is 10.4 Å². The molecule has 3 nitrogen and oxygen atoms in total. The maximum Gasteiger partial charge on any atom is 0.345 e. The molecule has 21 heavy (non-hydrogen) atoms. The van der Waals surface area contributed by atoms with Gasteiger partial charge in [-0.15, -0.1) is 11.3 Å². The van der Waals surface area contributed by atoms with Gasteiger partial charge in [0.25, 0.3) is 0 Å². The van der Waals surface area contributed by atoms with E-state index in [1.165, 1.54) is 11.3 Å². The lowest BCUT2D eigenvalue weighted by Crippen LogP contribution is -2.01. The Bertz CT molecular complexity index is 1030. The van der Waals surface area contributed by atoms with Gasteiger partial charge in [0.1, 0.15) is 5.58 Å². The molecule has 0 atom stereocenters. The Hall–Kier alpha value is -2.46. The van der Waals surface area contributed by atoms with E-state index in [1.54, 1.807) is 6.20 Å². The van der Waals surface area contributed by atoms with Crippen molar-refractivity contribution in [1.82, 2.24) is 4.98 Å². The quantitative estimate of drug-likeness (QED) is 0.386. The molecule has 0 spiro atoms. The number of hydrogen-bond donors (Lipinski definition) is 0. The molecule has 4 heteroatoms. The standard InChI is InChI=1S/C17H11NO2S/c1-10-18-9-16(21-10)14-8-13-12-5-3-2-4-11(12)6-7-15(13)20-17(14)19/h2-9H,1H3. The van der Waals surface area contributed by atoms with Crippen LogP contribution < -0.4 is 5.63 Å². The van der Waals surface area contributed by atoms with Gasteiger partial charge in [-0.2, -0.15) is 0 Å². The first-order valence-electron chi connectivity index (χ1n) is 6.61. The van der Waals surface area contributed by atoms with Gasteiger partial charge >= 0.3 is 5.63 Å². The van der Waals surface area contributed by atoms with Crippen LogP contribution in [-0.4, -0.2) is 4.98 Å². The molecule has 4 aromatic rings. The Morgan fingerprint density at radius 1 is 1.10 bits per heavy atom. The minimum Gasteiger partial charge on any atom is -0.422 e. The van der Waals surface area contributed by atoms with Gasteiger partial charge in [-0.05, 0) is 29.8 Å². The number of rotatable bonds is 1. The Morgan fingerprint density at radius 2 is 1.95 bits per heavy atom. The highest BCUT2D eigenvalue weighted by molar-refractivity contribution is 7.15. The molecule has 0 amide bonds. The van der Waals surface area contributed by atoms with Crippen LogP contribution in [0.5, 0.6) is 0 Å². The minimum absolute atomic E-state index is 0.318. The molecule has 2 aromatic heterocycles. The SMILES string of the molecule is Cc1ncc(-c2cc3c(ccc4ccccc43)oc2=O)s1. The van der Waals surface area contributed by atoms with Crippen molar-refractivity contribution in [3.63, 3.8) is 0 Å². The second-order valence-electron chi connectivity index (χ2n) is 4.89. The zero-order valence-electron chi connectivity index (χ0n) is 11.3. The van der Waals surface area contributed by atoms with E-state index in [-0.39, 0.29) is 5.63 Å². The van der Waals surface area contributed by atoms with Crippen molar-refractivity contribution in [1.29, 1.82) is 0 Å². The van der Waals surface area contributed by atoms with Crippen molar-refractivity contribution in [2.45, 2.75) is 6.92 Å². The van der Waals surface area contributed by atoms with Crippen molar-refractivity contribution >= 4 is 33.1 Å². The lowest BCUT2D eigenvalue weighted by atomic mass is 10.0. The highest BCUT2D eigenvalue weighted by Crippen LogP contribution is 2.29. The molecule has 2 aromatic carbocycles. The normalized spacial score (nSPS) is 11.3. The van der Waals surface area contributed by atoms with E-state index in [4.69, 9.17) is 4.42 Å². The zero-order valence-corrected chi connectivity index (χ0v) is 12.1. The number of aryl methyl sites for hydroxylation is 1. The summed E-state index contributed by atoms with van der Waals surface area (Å²) < 4.78 is 5.49. The molecule has 0 saturated carbocycles. The average molecular weight is 293 g/mol. The zero-order chi connectivity index (χ0) is 14.4. The summed E-state index contributed by atoms with van der Waals surface area (Å²) in [6.07, 6.45) is 1.73. The fourth-order valence-electron chi connectivity index (χ4n) is 2.53. The van der Waals surface area contributed by atoms with Crippen LogP contribution in [0.1, 0.15) is 5.01 Å². The van der Waals surface area contributed by atoms with Crippen LogP contribution in [0, 0.1) is 6.92 Å². The summed E-state index contributed by atoms with van der Waals surface area (Å²) in [6.45, 7) is 1.92. The summed E-state index contributed by atoms with van der Waals surface area (Å²) in [5.74, 6) is 0. The summed E-state index contributed by atoms with van der Waals surface area (Å²) in [4.78, 5) is 17.2. The van der Waals surface area contributed by atoms with Crippen LogP contribution in [-0.2, 0) is 0 Å². The highest BCUT2D eigenvalue weighted by Gasteiger charge is 2.11. The van der Waals surface area contributed by atoms with Gasteiger partial charge in [0.2, 0.25) is 0 Å². The predicted octanol–water partition coefficient (Wildman–Crippen LogP) is 4.38. The van der Waals surface area contributed by atoms with E-state index in [1.807, 2.05) is 43.3 Å². The molecule has 2 heterocycles. The number of benzene rings is 2. The van der Waals surface area contributed by atoms with Gasteiger partial charge < -0.3 is 4.42 Å². The first-order valence-corrected chi connectivity index (χ1v) is 7.42. The third-order valence-electron chi connectivity index (χ3n) is 3.53. The number of aromatic nitrogens is 1. The summed E-state index contributed by atoms with van der Waals surface area (Å²) in [5.41, 5.74) is 0.870. The fraction of sp³-hybridized carbons (Fsp3) is 0.0588. The second-order valence-corrected chi connectivity index (χ2v) is 6.12. The molecule has 102 valence electrons. The first kappa shape index (κ1) is 12.3. The molecular weight excluding hydrogens is 282 g/mol. The highest BCUT2D eigenvalue weighted by atomic mass is 32.1. The van der Waals surface area contributed by atoms with Crippen molar-refractivity contribution < 1.29 is 4.42 Å². The number of nitrogens with zero attached hydrogens (tertiary/aromatic N) is 1. The van der Waals surface area contributed by atoms with E-state index in [0.29, 0.717) is 11.1 Å². The van der Waals surface area contributed by atoms with Crippen LogP contribution in [0.4, 0.5) is 0 Å². The van der Waals surface area contributed by atoms with Crippen LogP contribution >= 0.6 is 11.3 Å². The molecular formula is C17H11NO2S. The predicted molar refractivity (Wildman–Crippen MR) is 85.8 cm³/mol. The largest absolute Gasteiger partial charge is 0.422 e. The molecule has 0 saturated heterocycles. The van der Waals surface area contributed by atoms with Gasteiger partial charge in [0.15, 0.2) is 0 Å². The molecule has 0 N–H and O–H groups in total. The molecule has 0 aliphatic heterocycles. The average Bonchev–Trinajstić information content (AvgIpc) is 2.92. The molecule has 4 rings (SSSR count). The lowest BCUT2D eigenvalue weighted by molar-refractivity contribution is 0.564. The Labute approximate surface area is 124 Å². The van der Waals surface area contributed by atoms with Crippen LogP contribution in [0.15, 0.2) is 57.9 Å². The lowest BCUT2D eigenvalue weighted by Gasteiger charge is -2.04. The first-order chi connectivity index (χ1) is 10.2. The van der Waals surface area contributed by atoms with Gasteiger partial charge in [-0.25, -0.2) is 9.78 Å². The molecule has 0 bridgehead atoms. The Kier molecular flexibility index (Phi) is 2.65. The van der Waals surface area contributed by atoms with E-state index >= 15 is 0 Å². The van der Waals surface area contributed by atoms with Crippen LogP contribution in [0.2, 0.25) is 0 Å². The van der Waals surface area contributed by atoms with Crippen LogP contribution in [0.3, 0.4) is 0 Å². The maximum atomic E-state index is 12.2. The van der Waals surface area contributed by atoms with Gasteiger partial charge in [0, 0.05) is 11.6 Å². The molecule has 0 unspecified atom stereocenters. The Morgan fingerprint density at radius 3 is 2.76 bits per heavy atom. The van der Waals surface area contributed by atoms with Crippen molar-refractivity contribution in [3.05, 3.63) is 64.1 Å². The summed E-state index contributed by atoms with van der Waals surface area (Å²) >= 11 is 1.50. The molecule has 0 aliphatic rings. The number of thiazole rings is 1. The van der Waals surface area contributed by atoms with Crippen LogP contribution in [0.25, 0.3) is 32.2 Å². The van der Waals surface area contributed by atoms with Crippen molar-refractivity contribution in [2.24, 2.45) is 0 Å². The third kappa shape index (κ3) is 1.96. The molecule has 0 aliphatic carbocycles. The smallest absolute Gasteiger partial charge is 0.345 e. The topological polar surface area (TPSA) is 43.1 Å². The molecule has 0 fully saturated rings. The fourth-order valence-corrected chi connectivity index (χ4v) is 3.31. The third-order valence-corrected chi connectivity index (χ3v) is 4.47. The summed E-state index contributed by atoms with van der Waals surface area (Å²) in [7, 11) is 0. The Balaban J connectivity index is 2.11. The monoisotopic (exact) mass is 293 g/mol. The molecule has 0 radical (unpaired) electrons. The van der Waals surface area contributed by atoms with E-state index in [2.05, 4.69) is 11.1 Å². The van der Waals surface area contributed by atoms with E-state index < -0.39 is 0 Å². The summed E-state index contributed by atoms with van der Waals surface area (Å²) in [5, 5.41) is 4.10. The van der Waals surface area contributed by atoms with Crippen molar-refractivity contribution in [2.75, 3.05) is 0 Å². The summed E-state index contributed by atoms with van der Waals surface area (Å²) in [6, 6.07) is 13.8. The van der Waals surface area contributed by atoms with Gasteiger partial charge in [-0.1, -0.05) is 30.3 Å². The maximum absolute atomic E-state index is 12.2. The second kappa shape index (κ2) is 4.53.